The Morgan fingerprint density at radius 2 is 1.90 bits per heavy atom. The van der Waals surface area contributed by atoms with E-state index in [1.807, 2.05) is 18.7 Å². The van der Waals surface area contributed by atoms with E-state index in [2.05, 4.69) is 39.2 Å². The summed E-state index contributed by atoms with van der Waals surface area (Å²) < 4.78 is 0. The lowest BCUT2D eigenvalue weighted by atomic mass is 9.99. The van der Waals surface area contributed by atoms with Crippen LogP contribution in [0.4, 0.5) is 27.2 Å². The van der Waals surface area contributed by atoms with Crippen LogP contribution >= 0.6 is 11.3 Å². The van der Waals surface area contributed by atoms with Gasteiger partial charge in [0.2, 0.25) is 0 Å². The number of nitrogens with one attached hydrogen (secondary N) is 1. The molecule has 160 valence electrons. The summed E-state index contributed by atoms with van der Waals surface area (Å²) in [6.07, 6.45) is 4.57. The highest BCUT2D eigenvalue weighted by Gasteiger charge is 2.39. The van der Waals surface area contributed by atoms with Crippen LogP contribution in [0.3, 0.4) is 0 Å². The zero-order valence-corrected chi connectivity index (χ0v) is 18.8. The van der Waals surface area contributed by atoms with Crippen molar-refractivity contribution in [2.24, 2.45) is 5.92 Å². The van der Waals surface area contributed by atoms with Crippen molar-refractivity contribution in [1.82, 2.24) is 9.97 Å². The summed E-state index contributed by atoms with van der Waals surface area (Å²) in [5.41, 5.74) is 2.04. The smallest absolute Gasteiger partial charge is 0.329 e. The van der Waals surface area contributed by atoms with Gasteiger partial charge >= 0.3 is 6.03 Å². The fraction of sp³-hybridized carbons (Fsp3) is 0.591. The van der Waals surface area contributed by atoms with E-state index in [-0.39, 0.29) is 12.1 Å². The number of pyridine rings is 1. The maximum Gasteiger partial charge on any atom is 0.329 e. The molecule has 0 aliphatic carbocycles. The number of piperidine rings is 2. The van der Waals surface area contributed by atoms with Gasteiger partial charge in [0.25, 0.3) is 0 Å². The van der Waals surface area contributed by atoms with Gasteiger partial charge in [-0.25, -0.2) is 14.8 Å². The lowest BCUT2D eigenvalue weighted by molar-refractivity contribution is 0.252. The van der Waals surface area contributed by atoms with E-state index in [9.17, 15) is 4.79 Å². The fourth-order valence-electron chi connectivity index (χ4n) is 4.93. The highest BCUT2D eigenvalue weighted by Crippen LogP contribution is 2.40. The highest BCUT2D eigenvalue weighted by atomic mass is 32.1. The number of hydrogen-bond donors (Lipinski definition) is 1. The number of anilines is 4. The molecule has 5 rings (SSSR count). The first-order chi connectivity index (χ1) is 14.5. The molecular weight excluding hydrogens is 396 g/mol. The molecule has 2 amide bonds. The topological polar surface area (TPSA) is 64.6 Å². The van der Waals surface area contributed by atoms with E-state index in [1.54, 1.807) is 0 Å². The van der Waals surface area contributed by atoms with Crippen molar-refractivity contribution in [3.8, 4) is 0 Å². The average molecular weight is 427 g/mol. The van der Waals surface area contributed by atoms with Gasteiger partial charge < -0.3 is 9.80 Å². The van der Waals surface area contributed by atoms with Gasteiger partial charge in [-0.3, -0.25) is 10.2 Å². The molecule has 2 aromatic heterocycles. The first kappa shape index (κ1) is 19.6. The maximum absolute atomic E-state index is 13.4. The monoisotopic (exact) mass is 426 g/mol. The minimum absolute atomic E-state index is 0.117. The normalized spacial score (nSPS) is 23.4. The Hall–Kier alpha value is -2.35. The summed E-state index contributed by atoms with van der Waals surface area (Å²) in [4.78, 5) is 30.7. The summed E-state index contributed by atoms with van der Waals surface area (Å²) in [7, 11) is 0. The van der Waals surface area contributed by atoms with Gasteiger partial charge in [0.1, 0.15) is 5.82 Å². The lowest BCUT2D eigenvalue weighted by Crippen LogP contribution is -2.56. The Morgan fingerprint density at radius 3 is 2.67 bits per heavy atom. The van der Waals surface area contributed by atoms with Crippen molar-refractivity contribution in [2.45, 2.75) is 52.5 Å². The van der Waals surface area contributed by atoms with Crippen molar-refractivity contribution < 1.29 is 4.79 Å². The van der Waals surface area contributed by atoms with E-state index >= 15 is 0 Å². The quantitative estimate of drug-likeness (QED) is 0.770. The van der Waals surface area contributed by atoms with Crippen LogP contribution in [-0.4, -0.2) is 48.2 Å². The molecule has 30 heavy (non-hydrogen) atoms. The third-order valence-corrected chi connectivity index (χ3v) is 7.60. The number of carbonyl (C=O) groups is 1. The van der Waals surface area contributed by atoms with Crippen LogP contribution in [0, 0.1) is 19.8 Å². The third kappa shape index (κ3) is 3.51. The molecule has 0 radical (unpaired) electrons. The van der Waals surface area contributed by atoms with Crippen LogP contribution in [0.5, 0.6) is 0 Å². The number of urea groups is 1. The molecule has 8 heteroatoms. The summed E-state index contributed by atoms with van der Waals surface area (Å²) in [5, 5.41) is 3.71. The number of aryl methyl sites for hydroxylation is 2. The average Bonchev–Trinajstić information content (AvgIpc) is 3.04. The number of thiazole rings is 1. The van der Waals surface area contributed by atoms with Crippen LogP contribution in [0.1, 0.15) is 43.2 Å². The predicted octanol–water partition coefficient (Wildman–Crippen LogP) is 4.41. The molecule has 2 fully saturated rings. The second kappa shape index (κ2) is 7.72. The first-order valence-corrected chi connectivity index (χ1v) is 11.9. The van der Waals surface area contributed by atoms with Gasteiger partial charge in [-0.1, -0.05) is 6.92 Å². The van der Waals surface area contributed by atoms with Gasteiger partial charge in [-0.2, -0.15) is 0 Å². The SMILES string of the molecule is Cc1nc(NC(=O)N2c3nc(N4CCCC(C)C4)ccc3N3CCC[C@@H]2C3)sc1C. The summed E-state index contributed by atoms with van der Waals surface area (Å²) in [6, 6.07) is 4.33. The Labute approximate surface area is 182 Å². The molecule has 2 bridgehead atoms. The van der Waals surface area contributed by atoms with Crippen molar-refractivity contribution in [3.63, 3.8) is 0 Å². The Balaban J connectivity index is 1.48. The molecule has 2 aromatic rings. The lowest BCUT2D eigenvalue weighted by Gasteiger charge is -2.46. The molecule has 1 unspecified atom stereocenters. The number of nitrogens with zero attached hydrogens (tertiary/aromatic N) is 5. The molecule has 0 aromatic carbocycles. The number of fused-ring (bicyclic) bond motifs is 4. The van der Waals surface area contributed by atoms with Crippen LogP contribution in [0.15, 0.2) is 12.1 Å². The summed E-state index contributed by atoms with van der Waals surface area (Å²) in [6.45, 7) is 10.3. The minimum atomic E-state index is -0.117. The number of rotatable bonds is 2. The zero-order valence-electron chi connectivity index (χ0n) is 18.0. The molecule has 2 saturated heterocycles. The van der Waals surface area contributed by atoms with Crippen molar-refractivity contribution in [1.29, 1.82) is 0 Å². The summed E-state index contributed by atoms with van der Waals surface area (Å²) in [5.74, 6) is 2.46. The van der Waals surface area contributed by atoms with Gasteiger partial charge in [-0.05, 0) is 57.6 Å². The van der Waals surface area contributed by atoms with Crippen LogP contribution < -0.4 is 20.0 Å². The molecule has 7 nitrogen and oxygen atoms in total. The van der Waals surface area contributed by atoms with Crippen LogP contribution in [-0.2, 0) is 0 Å². The molecule has 1 N–H and O–H groups in total. The Kier molecular flexibility index (Phi) is 5.05. The van der Waals surface area contributed by atoms with Crippen molar-refractivity contribution in [3.05, 3.63) is 22.7 Å². The Bertz CT molecular complexity index is 940. The first-order valence-electron chi connectivity index (χ1n) is 11.0. The van der Waals surface area contributed by atoms with Crippen molar-refractivity contribution >= 4 is 39.8 Å². The van der Waals surface area contributed by atoms with Crippen LogP contribution in [0.2, 0.25) is 0 Å². The molecular formula is C22H30N6OS. The minimum Gasteiger partial charge on any atom is -0.366 e. The molecule has 5 heterocycles. The molecule has 2 atom stereocenters. The molecule has 3 aliphatic heterocycles. The van der Waals surface area contributed by atoms with Gasteiger partial charge in [0.05, 0.1) is 17.4 Å². The fourth-order valence-corrected chi connectivity index (χ4v) is 5.73. The van der Waals surface area contributed by atoms with E-state index in [1.165, 1.54) is 24.2 Å². The highest BCUT2D eigenvalue weighted by molar-refractivity contribution is 7.15. The molecule has 0 saturated carbocycles. The van der Waals surface area contributed by atoms with Gasteiger partial charge in [0.15, 0.2) is 10.9 Å². The second-order valence-corrected chi connectivity index (χ2v) is 10.1. The van der Waals surface area contributed by atoms with E-state index < -0.39 is 0 Å². The van der Waals surface area contributed by atoms with Crippen LogP contribution in [0.25, 0.3) is 0 Å². The Morgan fingerprint density at radius 1 is 1.10 bits per heavy atom. The molecule has 3 aliphatic rings. The van der Waals surface area contributed by atoms with Crippen molar-refractivity contribution in [2.75, 3.05) is 46.2 Å². The number of hydrogen-bond acceptors (Lipinski definition) is 6. The molecule has 0 spiro atoms. The van der Waals surface area contributed by atoms with Gasteiger partial charge in [0, 0.05) is 31.1 Å². The van der Waals surface area contributed by atoms with Gasteiger partial charge in [-0.15, -0.1) is 11.3 Å². The number of carbonyl (C=O) groups excluding carboxylic acids is 1. The predicted molar refractivity (Wildman–Crippen MR) is 123 cm³/mol. The second-order valence-electron chi connectivity index (χ2n) is 8.91. The summed E-state index contributed by atoms with van der Waals surface area (Å²) >= 11 is 1.53. The van der Waals surface area contributed by atoms with E-state index in [0.29, 0.717) is 11.0 Å². The standard InChI is InChI=1S/C22H30N6OS/c1-14-6-4-11-27(12-14)19-9-8-18-20(24-19)28(17-7-5-10-26(18)13-17)22(29)25-21-23-15(2)16(3)30-21/h8-9,14,17H,4-7,10-13H2,1-3H3,(H,23,25,29)/t14?,17-/m1/s1. The third-order valence-electron chi connectivity index (χ3n) is 6.61. The zero-order chi connectivity index (χ0) is 20.8. The maximum atomic E-state index is 13.4. The number of aromatic nitrogens is 2. The largest absolute Gasteiger partial charge is 0.366 e. The number of amides is 2. The van der Waals surface area contributed by atoms with E-state index in [4.69, 9.17) is 4.98 Å². The van der Waals surface area contributed by atoms with E-state index in [0.717, 1.165) is 66.9 Å².